The Bertz CT molecular complexity index is 493. The number of benzene rings is 1. The molecule has 1 aromatic carbocycles. The Labute approximate surface area is 116 Å². The van der Waals surface area contributed by atoms with Crippen LogP contribution in [0.3, 0.4) is 0 Å². The first-order valence-corrected chi connectivity index (χ1v) is 12.5. The standard InChI is InChI=1S/C12H18INO3S/c1-13(2)11-3-5-12(6-4-11)18(15,16)14-7-9-17-10-8-14/h3-6H,7-10H2,1-2H3. The zero-order valence-electron chi connectivity index (χ0n) is 10.6. The molecule has 18 heavy (non-hydrogen) atoms. The van der Waals surface area contributed by atoms with Gasteiger partial charge in [-0.1, -0.05) is 0 Å². The monoisotopic (exact) mass is 383 g/mol. The van der Waals surface area contributed by atoms with E-state index in [9.17, 15) is 8.42 Å². The van der Waals surface area contributed by atoms with E-state index in [1.54, 1.807) is 12.1 Å². The maximum absolute atomic E-state index is 12.4. The van der Waals surface area contributed by atoms with Crippen LogP contribution in [0.4, 0.5) is 0 Å². The SMILES string of the molecule is CI(C)c1ccc(S(=O)(=O)N2CCOCC2)cc1. The molecule has 6 heteroatoms. The van der Waals surface area contributed by atoms with Gasteiger partial charge in [0, 0.05) is 0 Å². The second kappa shape index (κ2) is 5.85. The first-order valence-electron chi connectivity index (χ1n) is 5.70. The van der Waals surface area contributed by atoms with E-state index in [4.69, 9.17) is 4.74 Å². The molecule has 0 unspecified atom stereocenters. The minimum atomic E-state index is -3.33. The van der Waals surface area contributed by atoms with Crippen LogP contribution in [0.5, 0.6) is 0 Å². The molecule has 4 nitrogen and oxygen atoms in total. The second-order valence-electron chi connectivity index (χ2n) is 4.23. The van der Waals surface area contributed by atoms with Crippen molar-refractivity contribution in [3.63, 3.8) is 0 Å². The summed E-state index contributed by atoms with van der Waals surface area (Å²) in [6.45, 7) is 1.86. The molecule has 1 aromatic rings. The van der Waals surface area contributed by atoms with E-state index < -0.39 is 29.8 Å². The van der Waals surface area contributed by atoms with E-state index in [1.807, 2.05) is 12.1 Å². The Hall–Kier alpha value is -0.180. The van der Waals surface area contributed by atoms with Gasteiger partial charge in [-0.15, -0.1) is 0 Å². The van der Waals surface area contributed by atoms with Crippen molar-refractivity contribution in [2.24, 2.45) is 0 Å². The van der Waals surface area contributed by atoms with Gasteiger partial charge in [-0.05, 0) is 0 Å². The molecule has 0 radical (unpaired) electrons. The van der Waals surface area contributed by atoms with Crippen molar-refractivity contribution < 1.29 is 13.2 Å². The minimum absolute atomic E-state index is 0.394. The van der Waals surface area contributed by atoms with E-state index in [-0.39, 0.29) is 0 Å². The number of nitrogens with zero attached hydrogens (tertiary/aromatic N) is 1. The van der Waals surface area contributed by atoms with Crippen LogP contribution < -0.4 is 0 Å². The van der Waals surface area contributed by atoms with Crippen LogP contribution >= 0.6 is 19.8 Å². The molecule has 0 N–H and O–H groups in total. The third-order valence-electron chi connectivity index (χ3n) is 2.86. The van der Waals surface area contributed by atoms with Crippen molar-refractivity contribution in [3.8, 4) is 0 Å². The Balaban J connectivity index is 2.23. The molecule has 0 spiro atoms. The van der Waals surface area contributed by atoms with Crippen molar-refractivity contribution >= 4 is 29.8 Å². The van der Waals surface area contributed by atoms with Gasteiger partial charge in [0.05, 0.1) is 0 Å². The first-order chi connectivity index (χ1) is 8.51. The van der Waals surface area contributed by atoms with Crippen LogP contribution in [0.15, 0.2) is 29.2 Å². The topological polar surface area (TPSA) is 46.6 Å². The Morgan fingerprint density at radius 2 is 1.67 bits per heavy atom. The second-order valence-corrected chi connectivity index (χ2v) is 11.7. The van der Waals surface area contributed by atoms with Gasteiger partial charge in [-0.3, -0.25) is 0 Å². The summed E-state index contributed by atoms with van der Waals surface area (Å²) in [7, 11) is -3.33. The van der Waals surface area contributed by atoms with Crippen molar-refractivity contribution in [2.45, 2.75) is 4.90 Å². The fourth-order valence-electron chi connectivity index (χ4n) is 1.79. The number of hydrogen-bond acceptors (Lipinski definition) is 3. The average Bonchev–Trinajstić information content (AvgIpc) is 2.40. The molecule has 0 atom stereocenters. The Morgan fingerprint density at radius 1 is 1.11 bits per heavy atom. The number of hydrogen-bond donors (Lipinski definition) is 0. The summed E-state index contributed by atoms with van der Waals surface area (Å²) < 4.78 is 32.7. The Kier molecular flexibility index (Phi) is 4.63. The summed E-state index contributed by atoms with van der Waals surface area (Å²) in [6, 6.07) is 7.38. The summed E-state index contributed by atoms with van der Waals surface area (Å²) in [5.74, 6) is 0. The molecule has 1 fully saturated rings. The zero-order valence-corrected chi connectivity index (χ0v) is 13.6. The zero-order chi connectivity index (χ0) is 13.2. The molecule has 0 aromatic heterocycles. The van der Waals surface area contributed by atoms with Gasteiger partial charge < -0.3 is 0 Å². The Morgan fingerprint density at radius 3 is 2.17 bits per heavy atom. The van der Waals surface area contributed by atoms with Crippen LogP contribution in [0, 0.1) is 3.57 Å². The number of ether oxygens (including phenoxy) is 1. The van der Waals surface area contributed by atoms with Gasteiger partial charge >= 0.3 is 116 Å². The van der Waals surface area contributed by atoms with Gasteiger partial charge in [0.15, 0.2) is 0 Å². The van der Waals surface area contributed by atoms with Crippen LogP contribution in [-0.2, 0) is 14.8 Å². The molecular weight excluding hydrogens is 365 g/mol. The van der Waals surface area contributed by atoms with Gasteiger partial charge in [-0.25, -0.2) is 0 Å². The predicted octanol–water partition coefficient (Wildman–Crippen LogP) is 1.64. The predicted molar refractivity (Wildman–Crippen MR) is 80.6 cm³/mol. The van der Waals surface area contributed by atoms with Crippen molar-refractivity contribution in [3.05, 3.63) is 27.8 Å². The van der Waals surface area contributed by atoms with Crippen molar-refractivity contribution in [1.29, 1.82) is 0 Å². The quantitative estimate of drug-likeness (QED) is 0.589. The number of halogens is 1. The molecule has 0 amide bonds. The molecule has 1 saturated heterocycles. The molecule has 1 aliphatic heterocycles. The van der Waals surface area contributed by atoms with Gasteiger partial charge in [0.2, 0.25) is 0 Å². The normalized spacial score (nSPS) is 18.7. The molecule has 102 valence electrons. The molecule has 2 rings (SSSR count). The van der Waals surface area contributed by atoms with Crippen LogP contribution in [0.1, 0.15) is 0 Å². The average molecular weight is 383 g/mol. The van der Waals surface area contributed by atoms with E-state index in [1.165, 1.54) is 7.88 Å². The fourth-order valence-corrected chi connectivity index (χ4v) is 5.00. The molecular formula is C12H18INO3S. The number of morpholine rings is 1. The summed E-state index contributed by atoms with van der Waals surface area (Å²) in [5, 5.41) is 0. The summed E-state index contributed by atoms with van der Waals surface area (Å²) >= 11 is -1.03. The summed E-state index contributed by atoms with van der Waals surface area (Å²) in [5.41, 5.74) is 0. The van der Waals surface area contributed by atoms with E-state index in [0.29, 0.717) is 31.2 Å². The van der Waals surface area contributed by atoms with E-state index in [2.05, 4.69) is 9.86 Å². The summed E-state index contributed by atoms with van der Waals surface area (Å²) in [6.07, 6.45) is 0. The van der Waals surface area contributed by atoms with Gasteiger partial charge in [-0.2, -0.15) is 0 Å². The summed E-state index contributed by atoms with van der Waals surface area (Å²) in [4.78, 5) is 4.89. The van der Waals surface area contributed by atoms with Gasteiger partial charge in [0.1, 0.15) is 0 Å². The number of rotatable bonds is 3. The first kappa shape index (κ1) is 14.2. The molecule has 1 heterocycles. The fraction of sp³-hybridized carbons (Fsp3) is 0.500. The van der Waals surface area contributed by atoms with Gasteiger partial charge in [0.25, 0.3) is 0 Å². The molecule has 0 aliphatic carbocycles. The maximum atomic E-state index is 12.4. The van der Waals surface area contributed by atoms with Crippen LogP contribution in [-0.4, -0.2) is 48.9 Å². The van der Waals surface area contributed by atoms with Crippen molar-refractivity contribution in [2.75, 3.05) is 36.2 Å². The van der Waals surface area contributed by atoms with Crippen molar-refractivity contribution in [1.82, 2.24) is 4.31 Å². The van der Waals surface area contributed by atoms with Crippen LogP contribution in [0.25, 0.3) is 0 Å². The molecule has 0 bridgehead atoms. The van der Waals surface area contributed by atoms with E-state index in [0.717, 1.165) is 0 Å². The number of alkyl halides is 2. The third-order valence-corrected chi connectivity index (χ3v) is 7.98. The third kappa shape index (κ3) is 3.04. The molecule has 1 aliphatic rings. The molecule has 0 saturated carbocycles. The van der Waals surface area contributed by atoms with E-state index >= 15 is 0 Å². The van der Waals surface area contributed by atoms with Crippen LogP contribution in [0.2, 0.25) is 0 Å². The number of sulfonamides is 1.